The summed E-state index contributed by atoms with van der Waals surface area (Å²) >= 11 is 0. The van der Waals surface area contributed by atoms with Crippen molar-refractivity contribution in [2.45, 2.75) is 64.3 Å². The van der Waals surface area contributed by atoms with Gasteiger partial charge in [-0.05, 0) is 50.7 Å². The van der Waals surface area contributed by atoms with Crippen LogP contribution in [-0.2, 0) is 4.74 Å². The van der Waals surface area contributed by atoms with E-state index in [1.807, 2.05) is 17.2 Å². The molecule has 0 bridgehead atoms. The Balaban J connectivity index is 1.17. The fraction of sp³-hybridized carbons (Fsp3) is 0.517. The summed E-state index contributed by atoms with van der Waals surface area (Å²) in [5.74, 6) is 0.109. The zero-order chi connectivity index (χ0) is 27.0. The van der Waals surface area contributed by atoms with Gasteiger partial charge in [0.25, 0.3) is 0 Å². The molecular weight excluding hydrogens is 497 g/mol. The molecule has 2 N–H and O–H groups in total. The number of fused-ring (bicyclic) bond motifs is 2. The Morgan fingerprint density at radius 3 is 2.92 bits per heavy atom. The molecule has 9 nitrogen and oxygen atoms in total. The molecule has 1 fully saturated rings. The van der Waals surface area contributed by atoms with Crippen LogP contribution < -0.4 is 5.32 Å². The number of carbonyl (C=O) groups is 1. The first-order valence-electron chi connectivity index (χ1n) is 14.2. The first-order chi connectivity index (χ1) is 19.1. The van der Waals surface area contributed by atoms with Gasteiger partial charge in [0.15, 0.2) is 5.82 Å². The number of aromatic nitrogens is 5. The molecule has 0 aliphatic carbocycles. The number of likely N-dealkylation sites (tertiary alicyclic amines) is 1. The normalized spacial score (nSPS) is 15.8. The van der Waals surface area contributed by atoms with Crippen LogP contribution in [0.3, 0.4) is 0 Å². The highest BCUT2D eigenvalue weighted by Gasteiger charge is 2.26. The van der Waals surface area contributed by atoms with Crippen LogP contribution >= 0.6 is 0 Å². The molecule has 0 radical (unpaired) electrons. The number of aromatic amines is 1. The Morgan fingerprint density at radius 1 is 1.18 bits per heavy atom. The summed E-state index contributed by atoms with van der Waals surface area (Å²) in [6.45, 7) is 5.91. The summed E-state index contributed by atoms with van der Waals surface area (Å²) in [4.78, 5) is 31.4. The van der Waals surface area contributed by atoms with Gasteiger partial charge >= 0.3 is 6.03 Å². The third-order valence-corrected chi connectivity index (χ3v) is 7.40. The minimum atomic E-state index is -0.403. The first kappa shape index (κ1) is 27.1. The molecule has 4 aromatic heterocycles. The number of rotatable bonds is 12. The Morgan fingerprint density at radius 2 is 2.05 bits per heavy atom. The smallest absolute Gasteiger partial charge is 0.317 e. The predicted molar refractivity (Wildman–Crippen MR) is 150 cm³/mol. The van der Waals surface area contributed by atoms with E-state index in [0.29, 0.717) is 35.5 Å². The second-order valence-corrected chi connectivity index (χ2v) is 10.3. The fourth-order valence-electron chi connectivity index (χ4n) is 5.26. The average molecular weight is 536 g/mol. The van der Waals surface area contributed by atoms with E-state index in [1.54, 1.807) is 12.4 Å². The zero-order valence-corrected chi connectivity index (χ0v) is 22.7. The van der Waals surface area contributed by atoms with E-state index < -0.39 is 5.82 Å². The molecule has 1 aliphatic heterocycles. The van der Waals surface area contributed by atoms with Crippen LogP contribution in [0.4, 0.5) is 9.18 Å². The molecule has 0 aromatic carbocycles. The molecule has 5 heterocycles. The molecule has 1 aliphatic rings. The third-order valence-electron chi connectivity index (χ3n) is 7.40. The fourth-order valence-corrected chi connectivity index (χ4v) is 5.26. The van der Waals surface area contributed by atoms with Gasteiger partial charge in [-0.3, -0.25) is 0 Å². The lowest BCUT2D eigenvalue weighted by atomic mass is 10.1. The molecule has 2 amide bonds. The number of unbranched alkanes of at least 4 members (excludes halogenated alkanes) is 4. The van der Waals surface area contributed by atoms with E-state index in [0.717, 1.165) is 69.3 Å². The summed E-state index contributed by atoms with van der Waals surface area (Å²) in [5.41, 5.74) is 2.11. The molecule has 0 spiro atoms. The van der Waals surface area contributed by atoms with Crippen molar-refractivity contribution < 1.29 is 13.9 Å². The minimum absolute atomic E-state index is 0.00406. The van der Waals surface area contributed by atoms with Crippen LogP contribution in [0.25, 0.3) is 33.5 Å². The number of pyridine rings is 1. The van der Waals surface area contributed by atoms with Gasteiger partial charge in [0.2, 0.25) is 0 Å². The molecule has 4 aromatic rings. The van der Waals surface area contributed by atoms with Crippen molar-refractivity contribution in [3.8, 4) is 11.4 Å². The second kappa shape index (κ2) is 13.0. The Hall–Kier alpha value is -3.53. The van der Waals surface area contributed by atoms with E-state index in [9.17, 15) is 9.18 Å². The van der Waals surface area contributed by atoms with Crippen LogP contribution in [0, 0.1) is 5.82 Å². The Kier molecular flexibility index (Phi) is 9.03. The standard InChI is InChI=1S/C29H38FN7O2/c1-2-3-6-14-39-15-7-4-5-11-31-29(38)36-12-8-9-23(20-36)37-13-10-21-17-32-27(35-28(21)37)25-19-34-26-24(25)16-22(30)18-33-26/h10,13,16-19,23H,2-9,11-12,14-15,20H2,1H3,(H,31,38)(H,33,34)/t23-/m0/s1. The van der Waals surface area contributed by atoms with Gasteiger partial charge < -0.3 is 24.5 Å². The number of piperidine rings is 1. The number of carbonyl (C=O) groups excluding carboxylic acids is 1. The van der Waals surface area contributed by atoms with Crippen molar-refractivity contribution in [3.63, 3.8) is 0 Å². The number of nitrogens with one attached hydrogen (secondary N) is 2. The summed E-state index contributed by atoms with van der Waals surface area (Å²) in [6.07, 6.45) is 15.3. The molecule has 10 heteroatoms. The van der Waals surface area contributed by atoms with Crippen LogP contribution in [0.15, 0.2) is 36.9 Å². The number of nitrogens with zero attached hydrogens (tertiary/aromatic N) is 5. The maximum atomic E-state index is 13.9. The van der Waals surface area contributed by atoms with Crippen molar-refractivity contribution in [2.75, 3.05) is 32.8 Å². The molecule has 0 unspecified atom stereocenters. The molecule has 39 heavy (non-hydrogen) atoms. The average Bonchev–Trinajstić information content (AvgIpc) is 3.57. The van der Waals surface area contributed by atoms with Gasteiger partial charge in [0, 0.05) is 67.8 Å². The number of hydrogen-bond donors (Lipinski definition) is 2. The highest BCUT2D eigenvalue weighted by Crippen LogP contribution is 2.29. The van der Waals surface area contributed by atoms with E-state index in [-0.39, 0.29) is 12.1 Å². The van der Waals surface area contributed by atoms with Crippen LogP contribution in [0.2, 0.25) is 0 Å². The monoisotopic (exact) mass is 535 g/mol. The summed E-state index contributed by atoms with van der Waals surface area (Å²) in [6, 6.07) is 3.57. The van der Waals surface area contributed by atoms with Crippen molar-refractivity contribution >= 4 is 28.1 Å². The molecule has 5 rings (SSSR count). The zero-order valence-electron chi connectivity index (χ0n) is 22.7. The van der Waals surface area contributed by atoms with Crippen LogP contribution in [0.5, 0.6) is 0 Å². The number of halogens is 1. The lowest BCUT2D eigenvalue weighted by Gasteiger charge is -2.33. The van der Waals surface area contributed by atoms with Gasteiger partial charge in [-0.15, -0.1) is 0 Å². The van der Waals surface area contributed by atoms with Crippen molar-refractivity contribution in [1.29, 1.82) is 0 Å². The molecule has 0 saturated carbocycles. The molecule has 208 valence electrons. The summed E-state index contributed by atoms with van der Waals surface area (Å²) < 4.78 is 21.7. The number of hydrogen-bond acceptors (Lipinski definition) is 5. The number of urea groups is 1. The van der Waals surface area contributed by atoms with Gasteiger partial charge in [-0.1, -0.05) is 19.8 Å². The van der Waals surface area contributed by atoms with Gasteiger partial charge in [-0.2, -0.15) is 0 Å². The number of ether oxygens (including phenoxy) is 1. The van der Waals surface area contributed by atoms with E-state index in [2.05, 4.69) is 31.8 Å². The first-order valence-corrected chi connectivity index (χ1v) is 14.2. The lowest BCUT2D eigenvalue weighted by Crippen LogP contribution is -2.46. The minimum Gasteiger partial charge on any atom is -0.381 e. The van der Waals surface area contributed by atoms with Crippen LogP contribution in [-0.4, -0.2) is 68.3 Å². The number of amides is 2. The molecule has 1 saturated heterocycles. The van der Waals surface area contributed by atoms with Crippen molar-refractivity contribution in [1.82, 2.24) is 34.7 Å². The maximum absolute atomic E-state index is 13.9. The molecular formula is C29H38FN7O2. The SMILES string of the molecule is CCCCCOCCCCCNC(=O)N1CCC[C@H](n2ccc3cnc(-c4c[nH]c5ncc(F)cc45)nc32)C1. The topological polar surface area (TPSA) is 101 Å². The molecule has 1 atom stereocenters. The van der Waals surface area contributed by atoms with Gasteiger partial charge in [0.05, 0.1) is 12.2 Å². The van der Waals surface area contributed by atoms with Crippen molar-refractivity contribution in [2.24, 2.45) is 0 Å². The quantitative estimate of drug-likeness (QED) is 0.222. The van der Waals surface area contributed by atoms with Gasteiger partial charge in [0.1, 0.15) is 17.1 Å². The van der Waals surface area contributed by atoms with E-state index >= 15 is 0 Å². The highest BCUT2D eigenvalue weighted by molar-refractivity contribution is 5.92. The lowest BCUT2D eigenvalue weighted by molar-refractivity contribution is 0.126. The summed E-state index contributed by atoms with van der Waals surface area (Å²) in [7, 11) is 0. The number of H-pyrrole nitrogens is 1. The van der Waals surface area contributed by atoms with Gasteiger partial charge in [-0.25, -0.2) is 24.1 Å². The predicted octanol–water partition coefficient (Wildman–Crippen LogP) is 5.84. The third kappa shape index (κ3) is 6.55. The highest BCUT2D eigenvalue weighted by atomic mass is 19.1. The largest absolute Gasteiger partial charge is 0.381 e. The van der Waals surface area contributed by atoms with E-state index in [4.69, 9.17) is 9.72 Å². The Bertz CT molecular complexity index is 1380. The van der Waals surface area contributed by atoms with Crippen molar-refractivity contribution in [3.05, 3.63) is 42.7 Å². The second-order valence-electron chi connectivity index (χ2n) is 10.3. The maximum Gasteiger partial charge on any atom is 0.317 e. The Labute approximate surface area is 228 Å². The summed E-state index contributed by atoms with van der Waals surface area (Å²) in [5, 5.41) is 4.67. The van der Waals surface area contributed by atoms with Crippen LogP contribution in [0.1, 0.15) is 64.3 Å². The van der Waals surface area contributed by atoms with E-state index in [1.165, 1.54) is 25.1 Å².